The fourth-order valence-corrected chi connectivity index (χ4v) is 1.52. The van der Waals surface area contributed by atoms with Gasteiger partial charge in [0, 0.05) is 10.7 Å². The number of halogens is 4. The Morgan fingerprint density at radius 1 is 1.42 bits per heavy atom. The number of carbonyl (C=O) groups excluding carboxylic acids is 1. The second-order valence-electron chi connectivity index (χ2n) is 4.41. The van der Waals surface area contributed by atoms with Gasteiger partial charge in [0.25, 0.3) is 0 Å². The zero-order valence-corrected chi connectivity index (χ0v) is 11.1. The lowest BCUT2D eigenvalue weighted by molar-refractivity contribution is -0.252. The Morgan fingerprint density at radius 2 is 2.00 bits per heavy atom. The number of benzene rings is 1. The fourth-order valence-electron chi connectivity index (χ4n) is 1.35. The second kappa shape index (κ2) is 5.38. The molecule has 0 aliphatic carbocycles. The largest absolute Gasteiger partial charge is 0.417 e. The van der Waals surface area contributed by atoms with Crippen LogP contribution in [0.5, 0.6) is 0 Å². The number of rotatable bonds is 3. The maximum atomic E-state index is 12.4. The molecule has 0 fully saturated rings. The molecule has 1 atom stereocenters. The molecule has 0 saturated carbocycles. The minimum absolute atomic E-state index is 0.315. The third kappa shape index (κ3) is 3.84. The molecule has 0 bridgehead atoms. The summed E-state index contributed by atoms with van der Waals surface area (Å²) in [5, 5.41) is 11.9. The Labute approximate surface area is 113 Å². The average Bonchev–Trinajstić information content (AvgIpc) is 2.22. The van der Waals surface area contributed by atoms with Crippen molar-refractivity contribution in [2.24, 2.45) is 0 Å². The summed E-state index contributed by atoms with van der Waals surface area (Å²) in [6.45, 7) is 2.18. The number of nitrogens with one attached hydrogen (secondary N) is 1. The molecule has 19 heavy (non-hydrogen) atoms. The van der Waals surface area contributed by atoms with E-state index in [-0.39, 0.29) is 0 Å². The predicted molar refractivity (Wildman–Crippen MR) is 66.1 cm³/mol. The van der Waals surface area contributed by atoms with Gasteiger partial charge in [-0.15, -0.1) is 0 Å². The van der Waals surface area contributed by atoms with Gasteiger partial charge in [-0.2, -0.15) is 13.2 Å². The van der Waals surface area contributed by atoms with Crippen LogP contribution in [-0.4, -0.2) is 22.8 Å². The molecular formula is C12H13ClF3NO2. The van der Waals surface area contributed by atoms with E-state index in [9.17, 15) is 23.1 Å². The van der Waals surface area contributed by atoms with Crippen molar-refractivity contribution in [2.45, 2.75) is 32.0 Å². The van der Waals surface area contributed by atoms with E-state index in [0.717, 1.165) is 0 Å². The van der Waals surface area contributed by atoms with Crippen LogP contribution in [0.3, 0.4) is 0 Å². The monoisotopic (exact) mass is 295 g/mol. The normalized spacial score (nSPS) is 14.9. The van der Waals surface area contributed by atoms with Crippen molar-refractivity contribution in [3.05, 3.63) is 28.8 Å². The molecule has 3 nitrogen and oxygen atoms in total. The van der Waals surface area contributed by atoms with Gasteiger partial charge >= 0.3 is 6.18 Å². The highest BCUT2D eigenvalue weighted by molar-refractivity contribution is 6.31. The van der Waals surface area contributed by atoms with Crippen molar-refractivity contribution in [3.63, 3.8) is 0 Å². The molecule has 0 aliphatic rings. The van der Waals surface area contributed by atoms with Gasteiger partial charge in [0.15, 0.2) is 5.60 Å². The maximum absolute atomic E-state index is 12.4. The van der Waals surface area contributed by atoms with E-state index >= 15 is 0 Å². The summed E-state index contributed by atoms with van der Waals surface area (Å²) >= 11 is 5.82. The molecule has 1 rings (SSSR count). The molecule has 0 aromatic heterocycles. The van der Waals surface area contributed by atoms with E-state index in [1.807, 2.05) is 0 Å². The van der Waals surface area contributed by atoms with Gasteiger partial charge in [0.1, 0.15) is 0 Å². The van der Waals surface area contributed by atoms with E-state index in [4.69, 9.17) is 11.6 Å². The lowest BCUT2D eigenvalue weighted by atomic mass is 10.0. The Hall–Kier alpha value is -1.27. The smallest absolute Gasteiger partial charge is 0.380 e. The van der Waals surface area contributed by atoms with Gasteiger partial charge in [0.05, 0.1) is 6.42 Å². The standard InChI is InChI=1S/C12H13ClF3NO2/c1-7-8(13)4-3-5-9(7)17-10(18)6-11(2,19)12(14,15)16/h3-5,19H,6H2,1-2H3,(H,17,18)/t11-/m0/s1. The summed E-state index contributed by atoms with van der Waals surface area (Å²) in [6, 6.07) is 4.67. The fraction of sp³-hybridized carbons (Fsp3) is 0.417. The van der Waals surface area contributed by atoms with E-state index in [0.29, 0.717) is 23.2 Å². The zero-order valence-electron chi connectivity index (χ0n) is 10.3. The quantitative estimate of drug-likeness (QED) is 0.899. The molecule has 106 valence electrons. The lowest BCUT2D eigenvalue weighted by Gasteiger charge is -2.25. The van der Waals surface area contributed by atoms with Crippen molar-refractivity contribution in [2.75, 3.05) is 5.32 Å². The Morgan fingerprint density at radius 3 is 2.53 bits per heavy atom. The van der Waals surface area contributed by atoms with Crippen molar-refractivity contribution < 1.29 is 23.1 Å². The molecule has 1 aromatic rings. The van der Waals surface area contributed by atoms with E-state index in [2.05, 4.69) is 5.32 Å². The minimum Gasteiger partial charge on any atom is -0.380 e. The SMILES string of the molecule is Cc1c(Cl)cccc1NC(=O)C[C@](C)(O)C(F)(F)F. The van der Waals surface area contributed by atoms with Crippen LogP contribution < -0.4 is 5.32 Å². The number of anilines is 1. The Kier molecular flexibility index (Phi) is 4.47. The van der Waals surface area contributed by atoms with Crippen LogP contribution in [-0.2, 0) is 4.79 Å². The average molecular weight is 296 g/mol. The predicted octanol–water partition coefficient (Wildman–Crippen LogP) is 3.29. The number of carbonyl (C=O) groups is 1. The highest BCUT2D eigenvalue weighted by atomic mass is 35.5. The van der Waals surface area contributed by atoms with Crippen LogP contribution >= 0.6 is 11.6 Å². The van der Waals surface area contributed by atoms with Crippen molar-refractivity contribution in [1.29, 1.82) is 0 Å². The summed E-state index contributed by atoms with van der Waals surface area (Å²) in [6.07, 6.45) is -5.95. The Balaban J connectivity index is 2.79. The van der Waals surface area contributed by atoms with Crippen molar-refractivity contribution in [3.8, 4) is 0 Å². The first-order valence-electron chi connectivity index (χ1n) is 5.38. The van der Waals surface area contributed by atoms with Crippen LogP contribution in [0.15, 0.2) is 18.2 Å². The highest BCUT2D eigenvalue weighted by Crippen LogP contribution is 2.33. The molecule has 0 radical (unpaired) electrons. The van der Waals surface area contributed by atoms with E-state index in [1.165, 1.54) is 6.07 Å². The molecule has 2 N–H and O–H groups in total. The topological polar surface area (TPSA) is 49.3 Å². The van der Waals surface area contributed by atoms with Crippen molar-refractivity contribution >= 4 is 23.2 Å². The number of amides is 1. The van der Waals surface area contributed by atoms with Crippen LogP contribution in [0, 0.1) is 6.92 Å². The molecule has 0 spiro atoms. The van der Waals surface area contributed by atoms with Gasteiger partial charge in [-0.25, -0.2) is 0 Å². The number of alkyl halides is 3. The first-order chi connectivity index (χ1) is 8.54. The number of hydrogen-bond donors (Lipinski definition) is 2. The van der Waals surface area contributed by atoms with Gasteiger partial charge in [0.2, 0.25) is 5.91 Å². The van der Waals surface area contributed by atoms with Crippen LogP contribution in [0.2, 0.25) is 5.02 Å². The number of hydrogen-bond acceptors (Lipinski definition) is 2. The zero-order chi connectivity index (χ0) is 14.8. The molecule has 0 saturated heterocycles. The lowest BCUT2D eigenvalue weighted by Crippen LogP contribution is -2.44. The maximum Gasteiger partial charge on any atom is 0.417 e. The van der Waals surface area contributed by atoms with Gasteiger partial charge < -0.3 is 10.4 Å². The van der Waals surface area contributed by atoms with Gasteiger partial charge in [-0.1, -0.05) is 17.7 Å². The molecule has 0 heterocycles. The molecule has 1 amide bonds. The van der Waals surface area contributed by atoms with Gasteiger partial charge in [-0.3, -0.25) is 4.79 Å². The summed E-state index contributed by atoms with van der Waals surface area (Å²) < 4.78 is 37.3. The summed E-state index contributed by atoms with van der Waals surface area (Å²) in [7, 11) is 0. The first-order valence-corrected chi connectivity index (χ1v) is 5.76. The van der Waals surface area contributed by atoms with E-state index in [1.54, 1.807) is 19.1 Å². The third-order valence-corrected chi connectivity index (χ3v) is 3.07. The molecule has 0 unspecified atom stereocenters. The summed E-state index contributed by atoms with van der Waals surface area (Å²) in [4.78, 5) is 11.5. The second-order valence-corrected chi connectivity index (χ2v) is 4.82. The summed E-state index contributed by atoms with van der Waals surface area (Å²) in [5.41, 5.74) is -2.21. The van der Waals surface area contributed by atoms with Crippen LogP contribution in [0.1, 0.15) is 18.9 Å². The van der Waals surface area contributed by atoms with Crippen LogP contribution in [0.4, 0.5) is 18.9 Å². The van der Waals surface area contributed by atoms with Crippen molar-refractivity contribution in [1.82, 2.24) is 0 Å². The molecule has 1 aromatic carbocycles. The highest BCUT2D eigenvalue weighted by Gasteiger charge is 2.50. The first kappa shape index (κ1) is 15.8. The molecular weight excluding hydrogens is 283 g/mol. The molecule has 7 heteroatoms. The van der Waals surface area contributed by atoms with Gasteiger partial charge in [-0.05, 0) is 31.5 Å². The van der Waals surface area contributed by atoms with E-state index < -0.39 is 24.1 Å². The molecule has 0 aliphatic heterocycles. The Bertz CT molecular complexity index is 486. The number of aliphatic hydroxyl groups is 1. The third-order valence-electron chi connectivity index (χ3n) is 2.66. The summed E-state index contributed by atoms with van der Waals surface area (Å²) in [5.74, 6) is -0.937. The van der Waals surface area contributed by atoms with Crippen LogP contribution in [0.25, 0.3) is 0 Å². The minimum atomic E-state index is -4.87.